The van der Waals surface area contributed by atoms with Crippen molar-refractivity contribution in [2.75, 3.05) is 7.11 Å². The molecule has 4 aromatic rings. The van der Waals surface area contributed by atoms with Crippen LogP contribution in [0.3, 0.4) is 0 Å². The molecule has 0 aliphatic carbocycles. The normalized spacial score (nSPS) is 12.1. The van der Waals surface area contributed by atoms with Crippen LogP contribution in [0.1, 0.15) is 29.0 Å². The maximum atomic E-state index is 13.0. The zero-order valence-electron chi connectivity index (χ0n) is 16.1. The van der Waals surface area contributed by atoms with Crippen molar-refractivity contribution in [2.24, 2.45) is 7.05 Å². The zero-order valence-corrected chi connectivity index (χ0v) is 16.1. The van der Waals surface area contributed by atoms with Gasteiger partial charge in [-0.2, -0.15) is 5.10 Å². The van der Waals surface area contributed by atoms with Gasteiger partial charge in [0.15, 0.2) is 0 Å². The monoisotopic (exact) mass is 374 g/mol. The van der Waals surface area contributed by atoms with Crippen LogP contribution in [0.25, 0.3) is 16.6 Å². The Balaban J connectivity index is 1.63. The zero-order chi connectivity index (χ0) is 19.7. The maximum Gasteiger partial charge on any atom is 0.268 e. The Kier molecular flexibility index (Phi) is 4.61. The van der Waals surface area contributed by atoms with E-state index in [1.54, 1.807) is 18.0 Å². The molecule has 1 N–H and O–H groups in total. The summed E-state index contributed by atoms with van der Waals surface area (Å²) in [5, 5.41) is 8.40. The van der Waals surface area contributed by atoms with Gasteiger partial charge in [-0.15, -0.1) is 0 Å². The first-order valence-corrected chi connectivity index (χ1v) is 9.12. The molecular formula is C22H22N4O2. The predicted octanol–water partition coefficient (Wildman–Crippen LogP) is 3.86. The van der Waals surface area contributed by atoms with Gasteiger partial charge < -0.3 is 14.6 Å². The smallest absolute Gasteiger partial charge is 0.268 e. The van der Waals surface area contributed by atoms with Crippen LogP contribution in [-0.4, -0.2) is 27.4 Å². The summed E-state index contributed by atoms with van der Waals surface area (Å²) in [6.07, 6.45) is 3.63. The van der Waals surface area contributed by atoms with Crippen molar-refractivity contribution in [1.82, 2.24) is 19.7 Å². The number of nitrogens with zero attached hydrogens (tertiary/aromatic N) is 3. The van der Waals surface area contributed by atoms with Crippen molar-refractivity contribution in [3.05, 3.63) is 78.2 Å². The summed E-state index contributed by atoms with van der Waals surface area (Å²) >= 11 is 0. The molecule has 0 aliphatic heterocycles. The average Bonchev–Trinajstić information content (AvgIpc) is 3.36. The number of aromatic nitrogens is 3. The summed E-state index contributed by atoms with van der Waals surface area (Å²) in [6.45, 7) is 1.98. The molecule has 4 rings (SSSR count). The summed E-state index contributed by atoms with van der Waals surface area (Å²) in [5.41, 5.74) is 3.53. The molecular weight excluding hydrogens is 352 g/mol. The second kappa shape index (κ2) is 7.23. The fraction of sp³-hybridized carbons (Fsp3) is 0.182. The minimum absolute atomic E-state index is 0.125. The number of nitrogens with one attached hydrogen (secondary N) is 1. The van der Waals surface area contributed by atoms with Crippen LogP contribution in [-0.2, 0) is 7.05 Å². The van der Waals surface area contributed by atoms with Crippen LogP contribution < -0.4 is 10.1 Å². The molecule has 6 nitrogen and oxygen atoms in total. The highest BCUT2D eigenvalue weighted by molar-refractivity contribution is 5.99. The number of hydrogen-bond acceptors (Lipinski definition) is 3. The molecule has 28 heavy (non-hydrogen) atoms. The highest BCUT2D eigenvalue weighted by Crippen LogP contribution is 2.25. The van der Waals surface area contributed by atoms with E-state index < -0.39 is 0 Å². The van der Waals surface area contributed by atoms with Gasteiger partial charge >= 0.3 is 0 Å². The first-order chi connectivity index (χ1) is 13.6. The van der Waals surface area contributed by atoms with Crippen molar-refractivity contribution in [1.29, 1.82) is 0 Å². The average molecular weight is 374 g/mol. The highest BCUT2D eigenvalue weighted by Gasteiger charge is 2.18. The lowest BCUT2D eigenvalue weighted by atomic mass is 10.1. The van der Waals surface area contributed by atoms with Gasteiger partial charge in [0.05, 0.1) is 18.8 Å². The standard InChI is InChI=1S/C22H22N4O2/c1-15(18-7-4-5-8-20(18)26-12-6-11-23-26)24-22(27)21-14-16-13-17(28-3)9-10-19(16)25(21)2/h4-15H,1-3H3,(H,24,27)/t15-/m0/s1. The lowest BCUT2D eigenvalue weighted by molar-refractivity contribution is 0.0932. The van der Waals surface area contributed by atoms with Crippen LogP contribution in [0.5, 0.6) is 5.75 Å². The Morgan fingerprint density at radius 2 is 1.96 bits per heavy atom. The van der Waals surface area contributed by atoms with Crippen LogP contribution in [0.4, 0.5) is 0 Å². The van der Waals surface area contributed by atoms with Gasteiger partial charge in [-0.3, -0.25) is 4.79 Å². The van der Waals surface area contributed by atoms with E-state index in [1.807, 2.05) is 79.3 Å². The Hall–Kier alpha value is -3.54. The van der Waals surface area contributed by atoms with E-state index >= 15 is 0 Å². The number of carbonyl (C=O) groups is 1. The summed E-state index contributed by atoms with van der Waals surface area (Å²) in [7, 11) is 3.53. The fourth-order valence-corrected chi connectivity index (χ4v) is 3.49. The number of rotatable bonds is 5. The van der Waals surface area contributed by atoms with Crippen LogP contribution in [0, 0.1) is 0 Å². The third-order valence-corrected chi connectivity index (χ3v) is 4.98. The van der Waals surface area contributed by atoms with Gasteiger partial charge in [0.2, 0.25) is 0 Å². The lowest BCUT2D eigenvalue weighted by Crippen LogP contribution is -2.28. The second-order valence-corrected chi connectivity index (χ2v) is 6.72. The summed E-state index contributed by atoms with van der Waals surface area (Å²) < 4.78 is 8.99. The van der Waals surface area contributed by atoms with E-state index in [0.717, 1.165) is 27.9 Å². The SMILES string of the molecule is COc1ccc2c(c1)cc(C(=O)N[C@@H](C)c1ccccc1-n1cccn1)n2C. The third kappa shape index (κ3) is 3.13. The van der Waals surface area contributed by atoms with Gasteiger partial charge in [-0.1, -0.05) is 18.2 Å². The van der Waals surface area contributed by atoms with E-state index in [9.17, 15) is 4.79 Å². The molecule has 2 aromatic carbocycles. The van der Waals surface area contributed by atoms with E-state index in [0.29, 0.717) is 5.69 Å². The third-order valence-electron chi connectivity index (χ3n) is 4.98. The second-order valence-electron chi connectivity index (χ2n) is 6.72. The molecule has 1 amide bonds. The van der Waals surface area contributed by atoms with Crippen LogP contribution >= 0.6 is 0 Å². The largest absolute Gasteiger partial charge is 0.497 e. The summed E-state index contributed by atoms with van der Waals surface area (Å²) in [5.74, 6) is 0.645. The fourth-order valence-electron chi connectivity index (χ4n) is 3.49. The molecule has 0 bridgehead atoms. The maximum absolute atomic E-state index is 13.0. The number of hydrogen-bond donors (Lipinski definition) is 1. The van der Waals surface area contributed by atoms with Gasteiger partial charge in [0.1, 0.15) is 11.4 Å². The highest BCUT2D eigenvalue weighted by atomic mass is 16.5. The molecule has 142 valence electrons. The van der Waals surface area contributed by atoms with Crippen molar-refractivity contribution >= 4 is 16.8 Å². The van der Waals surface area contributed by atoms with Gasteiger partial charge in [-0.05, 0) is 48.9 Å². The van der Waals surface area contributed by atoms with Crippen LogP contribution in [0.2, 0.25) is 0 Å². The molecule has 2 heterocycles. The molecule has 0 saturated carbocycles. The molecule has 1 atom stereocenters. The summed E-state index contributed by atoms with van der Waals surface area (Å²) in [4.78, 5) is 13.0. The molecule has 0 fully saturated rings. The number of amides is 1. The topological polar surface area (TPSA) is 61.1 Å². The van der Waals surface area contributed by atoms with E-state index in [-0.39, 0.29) is 11.9 Å². The van der Waals surface area contributed by atoms with E-state index in [2.05, 4.69) is 10.4 Å². The molecule has 6 heteroatoms. The summed E-state index contributed by atoms with van der Waals surface area (Å²) in [6, 6.07) is 17.3. The van der Waals surface area contributed by atoms with Gasteiger partial charge in [0.25, 0.3) is 5.91 Å². The quantitative estimate of drug-likeness (QED) is 0.577. The Bertz CT molecular complexity index is 1130. The number of para-hydroxylation sites is 1. The van der Waals surface area contributed by atoms with Crippen molar-refractivity contribution in [3.8, 4) is 11.4 Å². The first kappa shape index (κ1) is 17.9. The van der Waals surface area contributed by atoms with Crippen molar-refractivity contribution in [2.45, 2.75) is 13.0 Å². The molecule has 0 spiro atoms. The Labute approximate surface area is 163 Å². The number of ether oxygens (including phenoxy) is 1. The minimum atomic E-state index is -0.180. The van der Waals surface area contributed by atoms with Crippen molar-refractivity contribution < 1.29 is 9.53 Å². The molecule has 0 unspecified atom stereocenters. The number of aryl methyl sites for hydroxylation is 1. The number of benzene rings is 2. The van der Waals surface area contributed by atoms with E-state index in [4.69, 9.17) is 4.74 Å². The number of methoxy groups -OCH3 is 1. The van der Waals surface area contributed by atoms with Crippen LogP contribution in [0.15, 0.2) is 67.0 Å². The minimum Gasteiger partial charge on any atom is -0.497 e. The number of fused-ring (bicyclic) bond motifs is 1. The molecule has 0 saturated heterocycles. The molecule has 0 radical (unpaired) electrons. The predicted molar refractivity (Wildman–Crippen MR) is 109 cm³/mol. The van der Waals surface area contributed by atoms with E-state index in [1.165, 1.54) is 0 Å². The Morgan fingerprint density at radius 3 is 2.71 bits per heavy atom. The molecule has 2 aromatic heterocycles. The lowest BCUT2D eigenvalue weighted by Gasteiger charge is -2.18. The number of carbonyl (C=O) groups excluding carboxylic acids is 1. The van der Waals surface area contributed by atoms with Crippen molar-refractivity contribution in [3.63, 3.8) is 0 Å². The van der Waals surface area contributed by atoms with Gasteiger partial charge in [0, 0.05) is 30.3 Å². The Morgan fingerprint density at radius 1 is 1.14 bits per heavy atom. The molecule has 0 aliphatic rings. The van der Waals surface area contributed by atoms with Gasteiger partial charge in [-0.25, -0.2) is 4.68 Å². The first-order valence-electron chi connectivity index (χ1n) is 9.12.